The summed E-state index contributed by atoms with van der Waals surface area (Å²) in [6.07, 6.45) is 3.39. The minimum absolute atomic E-state index is 0.247. The predicted octanol–water partition coefficient (Wildman–Crippen LogP) is 0.818. The van der Waals surface area contributed by atoms with Crippen molar-refractivity contribution >= 4 is 23.3 Å². The van der Waals surface area contributed by atoms with Gasteiger partial charge in [0.15, 0.2) is 0 Å². The average molecular weight is 332 g/mol. The number of hydrogen-bond donors (Lipinski definition) is 4. The highest BCUT2D eigenvalue weighted by molar-refractivity contribution is 5.96. The number of nitrogens with two attached hydrogens (primary N) is 1. The van der Waals surface area contributed by atoms with Crippen molar-refractivity contribution in [1.29, 1.82) is 0 Å². The first-order valence-electron chi connectivity index (χ1n) is 7.15. The Labute approximate surface area is 139 Å². The van der Waals surface area contributed by atoms with Crippen LogP contribution in [0.15, 0.2) is 30.6 Å². The van der Waals surface area contributed by atoms with E-state index in [9.17, 15) is 9.59 Å². The molecule has 0 fully saturated rings. The molecule has 1 heterocycles. The normalized spacial score (nSPS) is 11.6. The Bertz CT molecular complexity index is 743. The SMILES string of the molecule is CNC(C(=O)Nc1ccc(NC(N)=O)c(OC)c1)c1cnn(C)c1. The molecule has 2 rings (SSSR count). The predicted molar refractivity (Wildman–Crippen MR) is 89.8 cm³/mol. The van der Waals surface area contributed by atoms with Crippen molar-refractivity contribution in [2.24, 2.45) is 12.8 Å². The second-order valence-electron chi connectivity index (χ2n) is 5.06. The number of nitrogens with one attached hydrogen (secondary N) is 3. The zero-order chi connectivity index (χ0) is 17.7. The number of aromatic nitrogens is 2. The van der Waals surface area contributed by atoms with E-state index in [1.807, 2.05) is 0 Å². The van der Waals surface area contributed by atoms with Crippen molar-refractivity contribution in [3.05, 3.63) is 36.2 Å². The molecule has 24 heavy (non-hydrogen) atoms. The van der Waals surface area contributed by atoms with Crippen molar-refractivity contribution in [3.63, 3.8) is 0 Å². The summed E-state index contributed by atoms with van der Waals surface area (Å²) in [6, 6.07) is 3.59. The Morgan fingerprint density at radius 1 is 1.33 bits per heavy atom. The molecule has 1 aromatic carbocycles. The fraction of sp³-hybridized carbons (Fsp3) is 0.267. The molecule has 0 saturated heterocycles. The molecule has 9 nitrogen and oxygen atoms in total. The van der Waals surface area contributed by atoms with Gasteiger partial charge in [-0.15, -0.1) is 0 Å². The quantitative estimate of drug-likeness (QED) is 0.623. The Morgan fingerprint density at radius 3 is 2.62 bits per heavy atom. The number of benzene rings is 1. The maximum Gasteiger partial charge on any atom is 0.316 e. The second-order valence-corrected chi connectivity index (χ2v) is 5.06. The van der Waals surface area contributed by atoms with Gasteiger partial charge in [-0.2, -0.15) is 5.10 Å². The Kier molecular flexibility index (Phi) is 5.38. The van der Waals surface area contributed by atoms with E-state index in [-0.39, 0.29) is 5.91 Å². The standard InChI is InChI=1S/C15H20N6O3/c1-17-13(9-7-18-21(2)8-9)14(22)19-10-4-5-11(20-15(16)23)12(6-10)24-3/h4-8,13,17H,1-3H3,(H,19,22)(H3,16,20,23). The number of carbonyl (C=O) groups is 2. The van der Waals surface area contributed by atoms with Crippen molar-refractivity contribution in [2.45, 2.75) is 6.04 Å². The van der Waals surface area contributed by atoms with Crippen LogP contribution in [0.3, 0.4) is 0 Å². The van der Waals surface area contributed by atoms with Gasteiger partial charge in [0.1, 0.15) is 11.8 Å². The molecule has 0 aliphatic heterocycles. The fourth-order valence-corrected chi connectivity index (χ4v) is 2.26. The molecule has 1 atom stereocenters. The molecule has 1 unspecified atom stereocenters. The fourth-order valence-electron chi connectivity index (χ4n) is 2.26. The van der Waals surface area contributed by atoms with Crippen LogP contribution in [0.1, 0.15) is 11.6 Å². The van der Waals surface area contributed by atoms with Crippen LogP contribution in [-0.2, 0) is 11.8 Å². The summed E-state index contributed by atoms with van der Waals surface area (Å²) in [6.45, 7) is 0. The van der Waals surface area contributed by atoms with Gasteiger partial charge >= 0.3 is 6.03 Å². The lowest BCUT2D eigenvalue weighted by Crippen LogP contribution is -2.30. The molecule has 0 saturated carbocycles. The van der Waals surface area contributed by atoms with Gasteiger partial charge in [-0.05, 0) is 19.2 Å². The van der Waals surface area contributed by atoms with E-state index in [4.69, 9.17) is 10.5 Å². The van der Waals surface area contributed by atoms with Gasteiger partial charge in [-0.25, -0.2) is 4.79 Å². The van der Waals surface area contributed by atoms with Crippen LogP contribution in [0, 0.1) is 0 Å². The van der Waals surface area contributed by atoms with Crippen molar-refractivity contribution in [1.82, 2.24) is 15.1 Å². The highest BCUT2D eigenvalue weighted by Crippen LogP contribution is 2.28. The topological polar surface area (TPSA) is 123 Å². The van der Waals surface area contributed by atoms with Crippen LogP contribution < -0.4 is 26.4 Å². The van der Waals surface area contributed by atoms with Gasteiger partial charge in [-0.1, -0.05) is 0 Å². The van der Waals surface area contributed by atoms with Gasteiger partial charge in [0.25, 0.3) is 0 Å². The Hall–Kier alpha value is -3.07. The first kappa shape index (κ1) is 17.3. The van der Waals surface area contributed by atoms with E-state index in [0.29, 0.717) is 17.1 Å². The van der Waals surface area contributed by atoms with E-state index in [0.717, 1.165) is 5.56 Å². The number of amides is 3. The van der Waals surface area contributed by atoms with Gasteiger partial charge < -0.3 is 26.4 Å². The lowest BCUT2D eigenvalue weighted by molar-refractivity contribution is -0.118. The molecular weight excluding hydrogens is 312 g/mol. The van der Waals surface area contributed by atoms with E-state index in [2.05, 4.69) is 21.0 Å². The first-order chi connectivity index (χ1) is 11.4. The number of carbonyl (C=O) groups excluding carboxylic acids is 2. The number of rotatable bonds is 6. The molecule has 0 aliphatic rings. The zero-order valence-corrected chi connectivity index (χ0v) is 13.7. The van der Waals surface area contributed by atoms with Crippen LogP contribution in [0.5, 0.6) is 5.75 Å². The third-order valence-corrected chi connectivity index (χ3v) is 3.34. The van der Waals surface area contributed by atoms with E-state index < -0.39 is 12.1 Å². The van der Waals surface area contributed by atoms with Crippen LogP contribution in [0.25, 0.3) is 0 Å². The molecule has 5 N–H and O–H groups in total. The van der Waals surface area contributed by atoms with Crippen LogP contribution in [0.2, 0.25) is 0 Å². The van der Waals surface area contributed by atoms with Crippen LogP contribution >= 0.6 is 0 Å². The molecule has 0 spiro atoms. The summed E-state index contributed by atoms with van der Waals surface area (Å²) in [5.74, 6) is 0.136. The van der Waals surface area contributed by atoms with Crippen LogP contribution in [-0.4, -0.2) is 35.9 Å². The minimum atomic E-state index is -0.697. The van der Waals surface area contributed by atoms with Gasteiger partial charge in [-0.3, -0.25) is 9.48 Å². The number of ether oxygens (including phenoxy) is 1. The summed E-state index contributed by atoms with van der Waals surface area (Å²) in [5.41, 5.74) is 6.79. The maximum atomic E-state index is 12.5. The summed E-state index contributed by atoms with van der Waals surface area (Å²) in [5, 5.41) is 12.3. The first-order valence-corrected chi connectivity index (χ1v) is 7.15. The third-order valence-electron chi connectivity index (χ3n) is 3.34. The van der Waals surface area contributed by atoms with Crippen molar-refractivity contribution < 1.29 is 14.3 Å². The number of methoxy groups -OCH3 is 1. The van der Waals surface area contributed by atoms with E-state index in [1.165, 1.54) is 7.11 Å². The Balaban J connectivity index is 2.17. The average Bonchev–Trinajstić information content (AvgIpc) is 2.95. The van der Waals surface area contributed by atoms with Gasteiger partial charge in [0, 0.05) is 30.6 Å². The van der Waals surface area contributed by atoms with Crippen LogP contribution in [0.4, 0.5) is 16.2 Å². The molecule has 2 aromatic rings. The molecule has 0 aliphatic carbocycles. The number of urea groups is 1. The highest BCUT2D eigenvalue weighted by Gasteiger charge is 2.20. The van der Waals surface area contributed by atoms with Gasteiger partial charge in [0.2, 0.25) is 5.91 Å². The summed E-state index contributed by atoms with van der Waals surface area (Å²) >= 11 is 0. The molecule has 3 amide bonds. The third kappa shape index (κ3) is 4.02. The van der Waals surface area contributed by atoms with E-state index in [1.54, 1.807) is 49.4 Å². The van der Waals surface area contributed by atoms with Crippen molar-refractivity contribution in [3.8, 4) is 5.75 Å². The Morgan fingerprint density at radius 2 is 2.08 bits per heavy atom. The zero-order valence-electron chi connectivity index (χ0n) is 13.7. The molecule has 1 aromatic heterocycles. The molecule has 128 valence electrons. The smallest absolute Gasteiger partial charge is 0.316 e. The number of likely N-dealkylation sites (N-methyl/N-ethyl adjacent to an activating group) is 1. The second kappa shape index (κ2) is 7.47. The monoisotopic (exact) mass is 332 g/mol. The molecule has 0 bridgehead atoms. The summed E-state index contributed by atoms with van der Waals surface area (Å²) < 4.78 is 6.82. The van der Waals surface area contributed by atoms with Gasteiger partial charge in [0.05, 0.1) is 19.0 Å². The number of nitrogens with zero attached hydrogens (tertiary/aromatic N) is 2. The molecule has 0 radical (unpaired) electrons. The largest absolute Gasteiger partial charge is 0.494 e. The lowest BCUT2D eigenvalue weighted by atomic mass is 10.1. The summed E-state index contributed by atoms with van der Waals surface area (Å²) in [4.78, 5) is 23.4. The number of primary amides is 1. The number of aryl methyl sites for hydroxylation is 1. The maximum absolute atomic E-state index is 12.5. The van der Waals surface area contributed by atoms with E-state index >= 15 is 0 Å². The summed E-state index contributed by atoms with van der Waals surface area (Å²) in [7, 11) is 4.93. The van der Waals surface area contributed by atoms with Crippen molar-refractivity contribution in [2.75, 3.05) is 24.8 Å². The lowest BCUT2D eigenvalue weighted by Gasteiger charge is -2.16. The highest BCUT2D eigenvalue weighted by atomic mass is 16.5. The molecule has 9 heteroatoms. The minimum Gasteiger partial charge on any atom is -0.494 e. The molecular formula is C15H20N6O3. The number of hydrogen-bond acceptors (Lipinski definition) is 5. The number of anilines is 2.